The lowest BCUT2D eigenvalue weighted by Gasteiger charge is -2.22. The Morgan fingerprint density at radius 2 is 1.93 bits per heavy atom. The van der Waals surface area contributed by atoms with Gasteiger partial charge in [0.15, 0.2) is 12.6 Å². The Morgan fingerprint density at radius 3 is 2.44 bits per heavy atom. The Balaban J connectivity index is 0.00000261. The van der Waals surface area contributed by atoms with Crippen LogP contribution in [0.1, 0.15) is 31.2 Å². The number of nitrogens with zero attached hydrogens (tertiary/aromatic N) is 3. The summed E-state index contributed by atoms with van der Waals surface area (Å²) in [4.78, 5) is 10.6. The number of pyridine rings is 1. The van der Waals surface area contributed by atoms with E-state index in [0.29, 0.717) is 6.54 Å². The second-order valence-electron chi connectivity index (χ2n) is 7.02. The molecule has 1 aliphatic carbocycles. The first-order valence-electron chi connectivity index (χ1n) is 9.04. The summed E-state index contributed by atoms with van der Waals surface area (Å²) in [7, 11) is 1.77. The van der Waals surface area contributed by atoms with Crippen LogP contribution in [0.2, 0.25) is 0 Å². The highest BCUT2D eigenvalue weighted by Crippen LogP contribution is 2.35. The molecule has 0 radical (unpaired) electrons. The van der Waals surface area contributed by atoms with E-state index in [1.54, 1.807) is 13.1 Å². The van der Waals surface area contributed by atoms with Crippen LogP contribution in [0.4, 0.5) is 13.2 Å². The van der Waals surface area contributed by atoms with Crippen molar-refractivity contribution >= 4 is 29.9 Å². The molecular formula is C18H26F3IN4O. The van der Waals surface area contributed by atoms with Gasteiger partial charge in [-0.1, -0.05) is 18.9 Å². The first kappa shape index (κ1) is 22.0. The maximum atomic E-state index is 12.1. The van der Waals surface area contributed by atoms with Crippen LogP contribution in [-0.4, -0.2) is 48.8 Å². The molecule has 1 aromatic heterocycles. The third-order valence-corrected chi connectivity index (χ3v) is 5.12. The summed E-state index contributed by atoms with van der Waals surface area (Å²) < 4.78 is 41.1. The van der Waals surface area contributed by atoms with Crippen LogP contribution in [0.5, 0.6) is 5.88 Å². The van der Waals surface area contributed by atoms with Gasteiger partial charge in [0.2, 0.25) is 5.88 Å². The highest BCUT2D eigenvalue weighted by atomic mass is 127. The van der Waals surface area contributed by atoms with Gasteiger partial charge in [-0.2, -0.15) is 13.2 Å². The van der Waals surface area contributed by atoms with Gasteiger partial charge >= 0.3 is 6.18 Å². The number of guanidine groups is 1. The predicted octanol–water partition coefficient (Wildman–Crippen LogP) is 3.84. The summed E-state index contributed by atoms with van der Waals surface area (Å²) in [6.45, 7) is 1.28. The third kappa shape index (κ3) is 6.39. The number of aliphatic imine (C=N–C) groups is 1. The van der Waals surface area contributed by atoms with Crippen molar-refractivity contribution in [2.75, 3.05) is 26.7 Å². The zero-order valence-electron chi connectivity index (χ0n) is 15.3. The Labute approximate surface area is 174 Å². The molecule has 2 fully saturated rings. The van der Waals surface area contributed by atoms with E-state index in [2.05, 4.69) is 24.9 Å². The zero-order valence-corrected chi connectivity index (χ0v) is 17.7. The molecule has 2 atom stereocenters. The van der Waals surface area contributed by atoms with Gasteiger partial charge in [0.25, 0.3) is 0 Å². The lowest BCUT2D eigenvalue weighted by molar-refractivity contribution is -0.154. The third-order valence-electron chi connectivity index (χ3n) is 5.12. The molecule has 0 aromatic carbocycles. The summed E-state index contributed by atoms with van der Waals surface area (Å²) >= 11 is 0. The molecule has 2 heterocycles. The molecule has 0 spiro atoms. The second kappa shape index (κ2) is 9.79. The van der Waals surface area contributed by atoms with E-state index in [9.17, 15) is 13.2 Å². The van der Waals surface area contributed by atoms with E-state index >= 15 is 0 Å². The quantitative estimate of drug-likeness (QED) is 0.390. The lowest BCUT2D eigenvalue weighted by atomic mass is 9.82. The molecule has 1 saturated heterocycles. The largest absolute Gasteiger partial charge is 0.468 e. The topological polar surface area (TPSA) is 49.8 Å². The molecule has 0 amide bonds. The molecule has 1 aromatic rings. The van der Waals surface area contributed by atoms with Crippen LogP contribution in [0, 0.1) is 11.8 Å². The van der Waals surface area contributed by atoms with Crippen LogP contribution in [0.3, 0.4) is 0 Å². The van der Waals surface area contributed by atoms with Crippen molar-refractivity contribution in [3.05, 3.63) is 23.9 Å². The van der Waals surface area contributed by atoms with E-state index in [-0.39, 0.29) is 29.9 Å². The number of likely N-dealkylation sites (tertiary alicyclic amines) is 1. The van der Waals surface area contributed by atoms with Gasteiger partial charge in [-0.25, -0.2) is 4.98 Å². The number of alkyl halides is 3. The number of aromatic nitrogens is 1. The minimum atomic E-state index is -4.36. The number of fused-ring (bicyclic) bond motifs is 1. The minimum absolute atomic E-state index is 0. The molecule has 27 heavy (non-hydrogen) atoms. The molecule has 1 aliphatic heterocycles. The molecule has 5 nitrogen and oxygen atoms in total. The van der Waals surface area contributed by atoms with Crippen molar-refractivity contribution in [2.24, 2.45) is 16.8 Å². The number of nitrogens with one attached hydrogen (secondary N) is 1. The van der Waals surface area contributed by atoms with E-state index in [1.165, 1.54) is 37.9 Å². The van der Waals surface area contributed by atoms with Crippen molar-refractivity contribution in [2.45, 2.75) is 38.4 Å². The Morgan fingerprint density at radius 1 is 1.26 bits per heavy atom. The Bertz CT molecular complexity index is 610. The molecule has 3 rings (SSSR count). The summed E-state index contributed by atoms with van der Waals surface area (Å²) in [6, 6.07) is 3.17. The molecular weight excluding hydrogens is 472 g/mol. The van der Waals surface area contributed by atoms with Crippen molar-refractivity contribution in [1.29, 1.82) is 0 Å². The lowest BCUT2D eigenvalue weighted by Crippen LogP contribution is -2.39. The number of rotatable bonds is 4. The smallest absolute Gasteiger partial charge is 0.422 e. The normalized spacial score (nSPS) is 22.8. The van der Waals surface area contributed by atoms with Crippen LogP contribution < -0.4 is 10.1 Å². The van der Waals surface area contributed by atoms with E-state index in [4.69, 9.17) is 0 Å². The van der Waals surface area contributed by atoms with Gasteiger partial charge in [-0.05, 0) is 30.2 Å². The standard InChI is InChI=1S/C18H25F3N4O.HI/c1-22-17(25-10-14-4-2-3-5-15(14)11-25)24-9-13-6-7-16(23-8-13)26-12-18(19,20)21;/h6-8,14-15H,2-5,9-12H2,1H3,(H,22,24);1H. The summed E-state index contributed by atoms with van der Waals surface area (Å²) in [5.41, 5.74) is 0.863. The molecule has 152 valence electrons. The van der Waals surface area contributed by atoms with Crippen LogP contribution in [-0.2, 0) is 6.54 Å². The zero-order chi connectivity index (χ0) is 18.6. The Kier molecular flexibility index (Phi) is 7.99. The first-order chi connectivity index (χ1) is 12.4. The SMILES string of the molecule is CN=C(NCc1ccc(OCC(F)(F)F)nc1)N1CC2CCCCC2C1.I. The molecule has 0 bridgehead atoms. The summed E-state index contributed by atoms with van der Waals surface area (Å²) in [5, 5.41) is 3.33. The van der Waals surface area contributed by atoms with Crippen molar-refractivity contribution in [3.8, 4) is 5.88 Å². The average Bonchev–Trinajstić information content (AvgIpc) is 3.05. The highest BCUT2D eigenvalue weighted by Gasteiger charge is 2.35. The molecule has 2 aliphatic rings. The molecule has 1 N–H and O–H groups in total. The maximum absolute atomic E-state index is 12.1. The minimum Gasteiger partial charge on any atom is -0.468 e. The second-order valence-corrected chi connectivity index (χ2v) is 7.02. The van der Waals surface area contributed by atoms with Crippen LogP contribution in [0.25, 0.3) is 0 Å². The van der Waals surface area contributed by atoms with Crippen molar-refractivity contribution < 1.29 is 17.9 Å². The number of hydrogen-bond donors (Lipinski definition) is 1. The fraction of sp³-hybridized carbons (Fsp3) is 0.667. The van der Waals surface area contributed by atoms with Crippen molar-refractivity contribution in [1.82, 2.24) is 15.2 Å². The number of ether oxygens (including phenoxy) is 1. The number of halogens is 4. The fourth-order valence-electron chi connectivity index (χ4n) is 3.85. The van der Waals surface area contributed by atoms with Gasteiger partial charge in [-0.3, -0.25) is 4.99 Å². The first-order valence-corrected chi connectivity index (χ1v) is 9.04. The van der Waals surface area contributed by atoms with E-state index in [1.807, 2.05) is 0 Å². The maximum Gasteiger partial charge on any atom is 0.422 e. The van der Waals surface area contributed by atoms with Gasteiger partial charge in [0.05, 0.1) is 0 Å². The molecule has 1 saturated carbocycles. The van der Waals surface area contributed by atoms with Crippen molar-refractivity contribution in [3.63, 3.8) is 0 Å². The molecule has 2 unspecified atom stereocenters. The van der Waals surface area contributed by atoms with Gasteiger partial charge in [-0.15, -0.1) is 24.0 Å². The highest BCUT2D eigenvalue weighted by molar-refractivity contribution is 14.0. The van der Waals surface area contributed by atoms with E-state index in [0.717, 1.165) is 36.4 Å². The Hall–Kier alpha value is -1.26. The van der Waals surface area contributed by atoms with Gasteiger partial charge < -0.3 is 15.0 Å². The monoisotopic (exact) mass is 498 g/mol. The molecule has 9 heteroatoms. The summed E-state index contributed by atoms with van der Waals surface area (Å²) in [6.07, 6.45) is 2.44. The number of hydrogen-bond acceptors (Lipinski definition) is 3. The van der Waals surface area contributed by atoms with Crippen LogP contribution >= 0.6 is 24.0 Å². The van der Waals surface area contributed by atoms with Gasteiger partial charge in [0.1, 0.15) is 0 Å². The van der Waals surface area contributed by atoms with Crippen LogP contribution in [0.15, 0.2) is 23.3 Å². The summed E-state index contributed by atoms with van der Waals surface area (Å²) in [5.74, 6) is 2.39. The van der Waals surface area contributed by atoms with Gasteiger partial charge in [0, 0.05) is 38.9 Å². The fourth-order valence-corrected chi connectivity index (χ4v) is 3.85. The predicted molar refractivity (Wildman–Crippen MR) is 108 cm³/mol. The average molecular weight is 498 g/mol. The van der Waals surface area contributed by atoms with E-state index < -0.39 is 12.8 Å².